The van der Waals surface area contributed by atoms with Crippen LogP contribution in [0.25, 0.3) is 0 Å². The van der Waals surface area contributed by atoms with Crippen LogP contribution in [-0.4, -0.2) is 22.3 Å². The standard InChI is InChI=1S/C11H19N3O/c1-5-12-8-9-6-7-10(14-13-9)15-11(2,3)4/h6-7,12H,5,8H2,1-4H3. The van der Waals surface area contributed by atoms with Crippen molar-refractivity contribution in [3.05, 3.63) is 17.8 Å². The lowest BCUT2D eigenvalue weighted by Gasteiger charge is -2.19. The molecule has 0 saturated heterocycles. The minimum Gasteiger partial charge on any atom is -0.471 e. The van der Waals surface area contributed by atoms with E-state index in [0.29, 0.717) is 5.88 Å². The van der Waals surface area contributed by atoms with Crippen LogP contribution in [0.4, 0.5) is 0 Å². The minimum atomic E-state index is -0.224. The van der Waals surface area contributed by atoms with Gasteiger partial charge >= 0.3 is 0 Å². The Balaban J connectivity index is 2.56. The Morgan fingerprint density at radius 2 is 2.00 bits per heavy atom. The third-order valence-electron chi connectivity index (χ3n) is 1.66. The van der Waals surface area contributed by atoms with Crippen LogP contribution in [-0.2, 0) is 6.54 Å². The molecule has 1 N–H and O–H groups in total. The molecule has 1 rings (SSSR count). The summed E-state index contributed by atoms with van der Waals surface area (Å²) in [5.74, 6) is 0.572. The van der Waals surface area contributed by atoms with Crippen molar-refractivity contribution in [1.29, 1.82) is 0 Å². The first-order valence-corrected chi connectivity index (χ1v) is 5.23. The van der Waals surface area contributed by atoms with Gasteiger partial charge in [0.2, 0.25) is 5.88 Å². The van der Waals surface area contributed by atoms with Gasteiger partial charge < -0.3 is 10.1 Å². The van der Waals surface area contributed by atoms with Crippen molar-refractivity contribution in [3.63, 3.8) is 0 Å². The van der Waals surface area contributed by atoms with Crippen molar-refractivity contribution in [3.8, 4) is 5.88 Å². The van der Waals surface area contributed by atoms with Crippen LogP contribution in [0.15, 0.2) is 12.1 Å². The highest BCUT2D eigenvalue weighted by Crippen LogP contribution is 2.13. The highest BCUT2D eigenvalue weighted by atomic mass is 16.5. The van der Waals surface area contributed by atoms with Crippen LogP contribution in [0.2, 0.25) is 0 Å². The molecule has 1 heterocycles. The van der Waals surface area contributed by atoms with E-state index in [1.807, 2.05) is 32.9 Å². The fourth-order valence-corrected chi connectivity index (χ4v) is 1.06. The summed E-state index contributed by atoms with van der Waals surface area (Å²) in [6, 6.07) is 3.78. The molecule has 0 aliphatic carbocycles. The first-order valence-electron chi connectivity index (χ1n) is 5.23. The lowest BCUT2D eigenvalue weighted by Crippen LogP contribution is -2.24. The van der Waals surface area contributed by atoms with E-state index in [1.54, 1.807) is 0 Å². The molecule has 84 valence electrons. The number of nitrogens with zero attached hydrogens (tertiary/aromatic N) is 2. The van der Waals surface area contributed by atoms with Gasteiger partial charge in [0.25, 0.3) is 0 Å². The van der Waals surface area contributed by atoms with Gasteiger partial charge in [-0.15, -0.1) is 5.10 Å². The van der Waals surface area contributed by atoms with E-state index in [1.165, 1.54) is 0 Å². The summed E-state index contributed by atoms with van der Waals surface area (Å²) < 4.78 is 5.57. The first-order chi connectivity index (χ1) is 7.01. The van der Waals surface area contributed by atoms with Crippen LogP contribution in [0.5, 0.6) is 5.88 Å². The molecule has 0 saturated carbocycles. The SMILES string of the molecule is CCNCc1ccc(OC(C)(C)C)nn1. The summed E-state index contributed by atoms with van der Waals surface area (Å²) in [5.41, 5.74) is 0.704. The van der Waals surface area contributed by atoms with Crippen molar-refractivity contribution in [2.45, 2.75) is 39.8 Å². The van der Waals surface area contributed by atoms with Gasteiger partial charge in [-0.25, -0.2) is 0 Å². The molecule has 1 aromatic rings. The van der Waals surface area contributed by atoms with Gasteiger partial charge in [-0.05, 0) is 33.4 Å². The smallest absolute Gasteiger partial charge is 0.233 e. The quantitative estimate of drug-likeness (QED) is 0.821. The van der Waals surface area contributed by atoms with E-state index < -0.39 is 0 Å². The normalized spacial score (nSPS) is 11.5. The summed E-state index contributed by atoms with van der Waals surface area (Å²) in [6.45, 7) is 9.70. The second-order valence-electron chi connectivity index (χ2n) is 4.36. The Morgan fingerprint density at radius 3 is 2.47 bits per heavy atom. The lowest BCUT2D eigenvalue weighted by atomic mass is 10.2. The second-order valence-corrected chi connectivity index (χ2v) is 4.36. The maximum atomic E-state index is 5.57. The molecule has 0 atom stereocenters. The van der Waals surface area contributed by atoms with Gasteiger partial charge in [-0.1, -0.05) is 6.92 Å². The average molecular weight is 209 g/mol. The second kappa shape index (κ2) is 5.07. The molecule has 0 spiro atoms. The van der Waals surface area contributed by atoms with Crippen molar-refractivity contribution in [1.82, 2.24) is 15.5 Å². The van der Waals surface area contributed by atoms with E-state index in [-0.39, 0.29) is 5.60 Å². The molecular formula is C11H19N3O. The van der Waals surface area contributed by atoms with Crippen molar-refractivity contribution in [2.24, 2.45) is 0 Å². The zero-order valence-corrected chi connectivity index (χ0v) is 9.87. The largest absolute Gasteiger partial charge is 0.471 e. The fraction of sp³-hybridized carbons (Fsp3) is 0.636. The third kappa shape index (κ3) is 4.74. The number of hydrogen-bond acceptors (Lipinski definition) is 4. The van der Waals surface area contributed by atoms with Crippen LogP contribution < -0.4 is 10.1 Å². The Hall–Kier alpha value is -1.16. The van der Waals surface area contributed by atoms with Gasteiger partial charge in [0.05, 0.1) is 5.69 Å². The monoisotopic (exact) mass is 209 g/mol. The molecule has 0 radical (unpaired) electrons. The molecule has 0 bridgehead atoms. The fourth-order valence-electron chi connectivity index (χ4n) is 1.06. The Labute approximate surface area is 91.1 Å². The van der Waals surface area contributed by atoms with Crippen LogP contribution in [0.1, 0.15) is 33.4 Å². The van der Waals surface area contributed by atoms with Gasteiger partial charge in [-0.2, -0.15) is 5.10 Å². The summed E-state index contributed by atoms with van der Waals surface area (Å²) in [6.07, 6.45) is 0. The zero-order chi connectivity index (χ0) is 11.3. The third-order valence-corrected chi connectivity index (χ3v) is 1.66. The molecule has 0 amide bonds. The van der Waals surface area contributed by atoms with Crippen LogP contribution in [0.3, 0.4) is 0 Å². The molecule has 0 aromatic carbocycles. The van der Waals surface area contributed by atoms with Crippen molar-refractivity contribution < 1.29 is 4.74 Å². The molecule has 15 heavy (non-hydrogen) atoms. The number of nitrogens with one attached hydrogen (secondary N) is 1. The zero-order valence-electron chi connectivity index (χ0n) is 9.87. The average Bonchev–Trinajstić information content (AvgIpc) is 2.14. The summed E-state index contributed by atoms with van der Waals surface area (Å²) >= 11 is 0. The van der Waals surface area contributed by atoms with Crippen molar-refractivity contribution >= 4 is 0 Å². The maximum absolute atomic E-state index is 5.57. The van der Waals surface area contributed by atoms with E-state index in [4.69, 9.17) is 4.74 Å². The molecule has 0 aliphatic heterocycles. The van der Waals surface area contributed by atoms with Crippen LogP contribution >= 0.6 is 0 Å². The van der Waals surface area contributed by atoms with E-state index in [9.17, 15) is 0 Å². The predicted molar refractivity (Wildman–Crippen MR) is 59.8 cm³/mol. The van der Waals surface area contributed by atoms with Gasteiger partial charge in [0, 0.05) is 12.6 Å². The summed E-state index contributed by atoms with van der Waals surface area (Å²) in [7, 11) is 0. The minimum absolute atomic E-state index is 0.224. The Kier molecular flexibility index (Phi) is 4.03. The van der Waals surface area contributed by atoms with E-state index in [2.05, 4.69) is 22.4 Å². The molecule has 0 unspecified atom stereocenters. The number of rotatable bonds is 4. The maximum Gasteiger partial charge on any atom is 0.233 e. The molecular weight excluding hydrogens is 190 g/mol. The van der Waals surface area contributed by atoms with Crippen LogP contribution in [0, 0.1) is 0 Å². The molecule has 4 heteroatoms. The predicted octanol–water partition coefficient (Wildman–Crippen LogP) is 1.76. The summed E-state index contributed by atoms with van der Waals surface area (Å²) in [4.78, 5) is 0. The van der Waals surface area contributed by atoms with E-state index >= 15 is 0 Å². The molecule has 0 fully saturated rings. The number of ether oxygens (including phenoxy) is 1. The molecule has 4 nitrogen and oxygen atoms in total. The van der Waals surface area contributed by atoms with Crippen molar-refractivity contribution in [2.75, 3.05) is 6.54 Å². The first kappa shape index (κ1) is 11.9. The Bertz CT molecular complexity index is 290. The number of aromatic nitrogens is 2. The Morgan fingerprint density at radius 1 is 1.27 bits per heavy atom. The highest BCUT2D eigenvalue weighted by molar-refractivity contribution is 5.12. The van der Waals surface area contributed by atoms with Gasteiger partial charge in [-0.3, -0.25) is 0 Å². The van der Waals surface area contributed by atoms with Gasteiger partial charge in [0.1, 0.15) is 5.60 Å². The summed E-state index contributed by atoms with van der Waals surface area (Å²) in [5, 5.41) is 11.3. The van der Waals surface area contributed by atoms with E-state index in [0.717, 1.165) is 18.8 Å². The topological polar surface area (TPSA) is 47.0 Å². The number of hydrogen-bond donors (Lipinski definition) is 1. The molecule has 1 aromatic heterocycles. The molecule has 0 aliphatic rings. The highest BCUT2D eigenvalue weighted by Gasteiger charge is 2.12. The van der Waals surface area contributed by atoms with Gasteiger partial charge in [0.15, 0.2) is 0 Å². The lowest BCUT2D eigenvalue weighted by molar-refractivity contribution is 0.122.